The summed E-state index contributed by atoms with van der Waals surface area (Å²) in [6.07, 6.45) is 0. The maximum atomic E-state index is 13.1. The van der Waals surface area contributed by atoms with Gasteiger partial charge in [-0.05, 0) is 58.7 Å². The van der Waals surface area contributed by atoms with Crippen LogP contribution in [0.1, 0.15) is 28.9 Å². The van der Waals surface area contributed by atoms with Crippen LogP contribution in [0.2, 0.25) is 0 Å². The Kier molecular flexibility index (Phi) is 4.39. The maximum Gasteiger partial charge on any atom is 0.251 e. The molecule has 0 aliphatic heterocycles. The molecule has 1 atom stereocenters. The van der Waals surface area contributed by atoms with Crippen molar-refractivity contribution in [3.63, 3.8) is 0 Å². The number of halogens is 2. The lowest BCUT2D eigenvalue weighted by molar-refractivity contribution is 0.0940. The molecular weight excluding hydrogens is 323 g/mol. The smallest absolute Gasteiger partial charge is 0.251 e. The van der Waals surface area contributed by atoms with Gasteiger partial charge in [0.05, 0.1) is 10.5 Å². The van der Waals surface area contributed by atoms with Crippen molar-refractivity contribution in [1.29, 1.82) is 0 Å². The largest absolute Gasteiger partial charge is 0.399 e. The van der Waals surface area contributed by atoms with Crippen molar-refractivity contribution >= 4 is 27.5 Å². The van der Waals surface area contributed by atoms with Crippen LogP contribution in [0, 0.1) is 5.82 Å². The minimum Gasteiger partial charge on any atom is -0.399 e. The van der Waals surface area contributed by atoms with Gasteiger partial charge < -0.3 is 11.1 Å². The molecule has 0 aliphatic carbocycles. The third-order valence-electron chi connectivity index (χ3n) is 2.94. The predicted octanol–water partition coefficient (Wildman–Crippen LogP) is 3.66. The number of benzene rings is 2. The third-order valence-corrected chi connectivity index (χ3v) is 3.55. The van der Waals surface area contributed by atoms with E-state index in [0.717, 1.165) is 5.56 Å². The summed E-state index contributed by atoms with van der Waals surface area (Å²) in [4.78, 5) is 12.1. The summed E-state index contributed by atoms with van der Waals surface area (Å²) in [6.45, 7) is 1.87. The highest BCUT2D eigenvalue weighted by molar-refractivity contribution is 9.10. The van der Waals surface area contributed by atoms with Gasteiger partial charge in [0.2, 0.25) is 0 Å². The van der Waals surface area contributed by atoms with Gasteiger partial charge in [-0.15, -0.1) is 0 Å². The minimum absolute atomic E-state index is 0.185. The Morgan fingerprint density at radius 2 is 2.05 bits per heavy atom. The van der Waals surface area contributed by atoms with Gasteiger partial charge in [-0.25, -0.2) is 4.39 Å². The normalized spacial score (nSPS) is 11.9. The van der Waals surface area contributed by atoms with Crippen LogP contribution in [0.3, 0.4) is 0 Å². The molecule has 2 aromatic carbocycles. The van der Waals surface area contributed by atoms with Gasteiger partial charge in [-0.1, -0.05) is 12.1 Å². The highest BCUT2D eigenvalue weighted by Crippen LogP contribution is 2.19. The van der Waals surface area contributed by atoms with E-state index in [1.165, 1.54) is 18.2 Å². The standard InChI is InChI=1S/C15H14BrFN2O/c1-9(10-3-2-4-12(18)7-10)19-15(20)11-5-6-14(17)13(16)8-11/h2-9H,18H2,1H3,(H,19,20). The van der Waals surface area contributed by atoms with Crippen LogP contribution < -0.4 is 11.1 Å². The van der Waals surface area contributed by atoms with E-state index < -0.39 is 5.82 Å². The van der Waals surface area contributed by atoms with Crippen LogP contribution >= 0.6 is 15.9 Å². The number of rotatable bonds is 3. The molecule has 0 fully saturated rings. The molecule has 5 heteroatoms. The van der Waals surface area contributed by atoms with Gasteiger partial charge in [0.25, 0.3) is 5.91 Å². The minimum atomic E-state index is -0.398. The summed E-state index contributed by atoms with van der Waals surface area (Å²) in [6, 6.07) is 11.3. The molecule has 1 unspecified atom stereocenters. The summed E-state index contributed by atoms with van der Waals surface area (Å²) in [5.74, 6) is -0.661. The number of nitrogens with two attached hydrogens (primary N) is 1. The van der Waals surface area contributed by atoms with Gasteiger partial charge in [-0.3, -0.25) is 4.79 Å². The van der Waals surface area contributed by atoms with Gasteiger partial charge in [-0.2, -0.15) is 0 Å². The zero-order valence-corrected chi connectivity index (χ0v) is 12.4. The van der Waals surface area contributed by atoms with E-state index >= 15 is 0 Å². The predicted molar refractivity (Wildman–Crippen MR) is 80.8 cm³/mol. The number of amides is 1. The average molecular weight is 337 g/mol. The fourth-order valence-electron chi connectivity index (χ4n) is 1.83. The number of carbonyl (C=O) groups is 1. The summed E-state index contributed by atoms with van der Waals surface area (Å²) in [7, 11) is 0. The van der Waals surface area contributed by atoms with E-state index in [0.29, 0.717) is 11.3 Å². The Labute approximate surface area is 125 Å². The second-order valence-electron chi connectivity index (χ2n) is 4.49. The maximum absolute atomic E-state index is 13.1. The number of nitrogen functional groups attached to an aromatic ring is 1. The first kappa shape index (κ1) is 14.5. The summed E-state index contributed by atoms with van der Waals surface area (Å²) < 4.78 is 13.4. The van der Waals surface area contributed by atoms with Crippen molar-refractivity contribution in [1.82, 2.24) is 5.32 Å². The number of carbonyl (C=O) groups excluding carboxylic acids is 1. The molecule has 0 spiro atoms. The number of hydrogen-bond acceptors (Lipinski definition) is 2. The molecule has 104 valence electrons. The molecule has 0 aliphatic rings. The van der Waals surface area contributed by atoms with Crippen LogP contribution in [0.25, 0.3) is 0 Å². The first-order valence-corrected chi connectivity index (χ1v) is 6.88. The SMILES string of the molecule is CC(NC(=O)c1ccc(F)c(Br)c1)c1cccc(N)c1. The molecule has 0 heterocycles. The molecule has 0 aromatic heterocycles. The van der Waals surface area contributed by atoms with E-state index in [1.807, 2.05) is 25.1 Å². The molecule has 20 heavy (non-hydrogen) atoms. The van der Waals surface area contributed by atoms with Crippen LogP contribution in [0.5, 0.6) is 0 Å². The van der Waals surface area contributed by atoms with Gasteiger partial charge in [0.1, 0.15) is 5.82 Å². The third kappa shape index (κ3) is 3.36. The Morgan fingerprint density at radius 3 is 2.70 bits per heavy atom. The number of nitrogens with one attached hydrogen (secondary N) is 1. The lowest BCUT2D eigenvalue weighted by Gasteiger charge is -2.15. The first-order valence-electron chi connectivity index (χ1n) is 6.08. The van der Waals surface area contributed by atoms with Crippen LogP contribution in [0.4, 0.5) is 10.1 Å². The number of anilines is 1. The molecule has 3 nitrogen and oxygen atoms in total. The van der Waals surface area contributed by atoms with Crippen LogP contribution in [-0.4, -0.2) is 5.91 Å². The van der Waals surface area contributed by atoms with E-state index in [9.17, 15) is 9.18 Å². The Morgan fingerprint density at radius 1 is 1.30 bits per heavy atom. The highest BCUT2D eigenvalue weighted by atomic mass is 79.9. The Balaban J connectivity index is 2.13. The second-order valence-corrected chi connectivity index (χ2v) is 5.35. The molecule has 0 bridgehead atoms. The van der Waals surface area contributed by atoms with Crippen LogP contribution in [-0.2, 0) is 0 Å². The van der Waals surface area contributed by atoms with Crippen molar-refractivity contribution < 1.29 is 9.18 Å². The zero-order chi connectivity index (χ0) is 14.7. The van der Waals surface area contributed by atoms with Crippen molar-refractivity contribution in [3.8, 4) is 0 Å². The molecule has 0 radical (unpaired) electrons. The zero-order valence-electron chi connectivity index (χ0n) is 10.9. The quantitative estimate of drug-likeness (QED) is 0.840. The van der Waals surface area contributed by atoms with Crippen molar-refractivity contribution in [2.75, 3.05) is 5.73 Å². The fraction of sp³-hybridized carbons (Fsp3) is 0.133. The molecule has 3 N–H and O–H groups in total. The van der Waals surface area contributed by atoms with Gasteiger partial charge in [0, 0.05) is 11.3 Å². The summed E-state index contributed by atoms with van der Waals surface area (Å²) in [5, 5.41) is 2.85. The van der Waals surface area contributed by atoms with Crippen molar-refractivity contribution in [2.45, 2.75) is 13.0 Å². The molecule has 2 aromatic rings. The van der Waals surface area contributed by atoms with E-state index in [4.69, 9.17) is 5.73 Å². The van der Waals surface area contributed by atoms with Gasteiger partial charge >= 0.3 is 0 Å². The van der Waals surface area contributed by atoms with E-state index in [-0.39, 0.29) is 16.4 Å². The Bertz CT molecular complexity index is 646. The van der Waals surface area contributed by atoms with Crippen molar-refractivity contribution in [2.24, 2.45) is 0 Å². The lowest BCUT2D eigenvalue weighted by Crippen LogP contribution is -2.26. The van der Waals surface area contributed by atoms with Crippen LogP contribution in [0.15, 0.2) is 46.9 Å². The fourth-order valence-corrected chi connectivity index (χ4v) is 2.21. The molecule has 0 saturated carbocycles. The molecule has 2 rings (SSSR count). The summed E-state index contributed by atoms with van der Waals surface area (Å²) in [5.41, 5.74) is 7.67. The first-order chi connectivity index (χ1) is 9.47. The van der Waals surface area contributed by atoms with Gasteiger partial charge in [0.15, 0.2) is 0 Å². The molecular formula is C15H14BrFN2O. The topological polar surface area (TPSA) is 55.1 Å². The number of hydrogen-bond donors (Lipinski definition) is 2. The van der Waals surface area contributed by atoms with E-state index in [1.54, 1.807) is 6.07 Å². The average Bonchev–Trinajstić information content (AvgIpc) is 2.41. The van der Waals surface area contributed by atoms with E-state index in [2.05, 4.69) is 21.2 Å². The Hall–Kier alpha value is -1.88. The van der Waals surface area contributed by atoms with Crippen molar-refractivity contribution in [3.05, 3.63) is 63.9 Å². The second kappa shape index (κ2) is 6.05. The lowest BCUT2D eigenvalue weighted by atomic mass is 10.1. The highest BCUT2D eigenvalue weighted by Gasteiger charge is 2.13. The monoisotopic (exact) mass is 336 g/mol. The molecule has 1 amide bonds. The summed E-state index contributed by atoms with van der Waals surface area (Å²) >= 11 is 3.06. The molecule has 0 saturated heterocycles.